The minimum Gasteiger partial charge on any atom is -0.479 e. The molecule has 2 aromatic rings. The smallest absolute Gasteiger partial charge is 0.431 e. The Morgan fingerprint density at radius 2 is 1.92 bits per heavy atom. The topological polar surface area (TPSA) is 53.2 Å². The van der Waals surface area contributed by atoms with E-state index in [-0.39, 0.29) is 32.6 Å². The zero-order valence-corrected chi connectivity index (χ0v) is 13.3. The average Bonchev–Trinajstić information content (AvgIpc) is 2.50. The Hall–Kier alpha value is -2.73. The Morgan fingerprint density at radius 1 is 1.28 bits per heavy atom. The first-order valence-corrected chi connectivity index (χ1v) is 6.91. The molecule has 0 N–H and O–H groups in total. The van der Waals surface area contributed by atoms with Crippen molar-refractivity contribution >= 4 is 11.6 Å². The fraction of sp³-hybridized carbons (Fsp3) is 0.200. The van der Waals surface area contributed by atoms with Gasteiger partial charge in [0.25, 0.3) is 5.56 Å². The molecule has 25 heavy (non-hydrogen) atoms. The van der Waals surface area contributed by atoms with Crippen LogP contribution in [0.15, 0.2) is 27.8 Å². The number of hydrogen-bond donors (Lipinski definition) is 0. The molecule has 0 aliphatic heterocycles. The lowest BCUT2D eigenvalue weighted by molar-refractivity contribution is -0.144. The highest BCUT2D eigenvalue weighted by Gasteiger charge is 2.35. The molecule has 1 heterocycles. The van der Waals surface area contributed by atoms with Gasteiger partial charge >= 0.3 is 11.9 Å². The maximum atomic E-state index is 14.2. The van der Waals surface area contributed by atoms with Crippen molar-refractivity contribution in [2.45, 2.75) is 6.18 Å². The van der Waals surface area contributed by atoms with Gasteiger partial charge in [0.2, 0.25) is 0 Å². The third-order valence-corrected chi connectivity index (χ3v) is 3.46. The summed E-state index contributed by atoms with van der Waals surface area (Å²) < 4.78 is 58.2. The van der Waals surface area contributed by atoms with Crippen LogP contribution in [0, 0.1) is 18.2 Å². The van der Waals surface area contributed by atoms with Crippen molar-refractivity contribution in [1.82, 2.24) is 9.13 Å². The number of alkyl halides is 3. The molecule has 0 saturated heterocycles. The van der Waals surface area contributed by atoms with Crippen LogP contribution < -0.4 is 16.0 Å². The highest BCUT2D eigenvalue weighted by atomic mass is 35.5. The third-order valence-electron chi connectivity index (χ3n) is 3.16. The van der Waals surface area contributed by atoms with Gasteiger partial charge in [0, 0.05) is 19.2 Å². The van der Waals surface area contributed by atoms with Gasteiger partial charge in [-0.25, -0.2) is 13.8 Å². The van der Waals surface area contributed by atoms with Crippen molar-refractivity contribution in [2.75, 3.05) is 6.61 Å². The van der Waals surface area contributed by atoms with Gasteiger partial charge in [0.1, 0.15) is 23.9 Å². The van der Waals surface area contributed by atoms with E-state index in [0.29, 0.717) is 0 Å². The van der Waals surface area contributed by atoms with E-state index in [9.17, 15) is 27.2 Å². The second-order valence-electron chi connectivity index (χ2n) is 4.77. The lowest BCUT2D eigenvalue weighted by Gasteiger charge is -2.15. The molecule has 0 unspecified atom stereocenters. The van der Waals surface area contributed by atoms with Crippen LogP contribution in [-0.4, -0.2) is 15.7 Å². The second kappa shape index (κ2) is 6.64. The minimum absolute atomic E-state index is 0.134. The molecular formula is C15H9ClF4N2O3. The maximum Gasteiger partial charge on any atom is 0.431 e. The predicted octanol–water partition coefficient (Wildman–Crippen LogP) is 2.36. The molecule has 2 rings (SSSR count). The highest BCUT2D eigenvalue weighted by molar-refractivity contribution is 6.32. The van der Waals surface area contributed by atoms with E-state index in [2.05, 4.69) is 5.92 Å². The van der Waals surface area contributed by atoms with Crippen LogP contribution in [0.5, 0.6) is 5.75 Å². The fourth-order valence-corrected chi connectivity index (χ4v) is 2.24. The molecule has 0 aliphatic rings. The highest BCUT2D eigenvalue weighted by Crippen LogP contribution is 2.30. The molecule has 0 radical (unpaired) electrons. The zero-order chi connectivity index (χ0) is 18.9. The summed E-state index contributed by atoms with van der Waals surface area (Å²) in [6, 6.07) is 1.86. The van der Waals surface area contributed by atoms with Crippen LogP contribution in [0.3, 0.4) is 0 Å². The van der Waals surface area contributed by atoms with E-state index in [1.165, 1.54) is 0 Å². The Kier molecular flexibility index (Phi) is 4.94. The van der Waals surface area contributed by atoms with Crippen LogP contribution >= 0.6 is 11.6 Å². The Bertz CT molecular complexity index is 986. The summed E-state index contributed by atoms with van der Waals surface area (Å²) in [7, 11) is 0.810. The number of aromatic nitrogens is 2. The fourth-order valence-electron chi connectivity index (χ4n) is 2.04. The van der Waals surface area contributed by atoms with E-state index < -0.39 is 34.6 Å². The summed E-state index contributed by atoms with van der Waals surface area (Å²) in [6.07, 6.45) is 0.0989. The molecule has 0 atom stereocenters. The van der Waals surface area contributed by atoms with E-state index in [0.717, 1.165) is 19.2 Å². The number of halogens is 5. The summed E-state index contributed by atoms with van der Waals surface area (Å²) in [5.41, 5.74) is -4.82. The Morgan fingerprint density at radius 3 is 2.48 bits per heavy atom. The van der Waals surface area contributed by atoms with Crippen LogP contribution in [-0.2, 0) is 13.2 Å². The molecule has 1 aromatic carbocycles. The van der Waals surface area contributed by atoms with Crippen LogP contribution in [0.25, 0.3) is 5.69 Å². The van der Waals surface area contributed by atoms with E-state index in [4.69, 9.17) is 22.8 Å². The molecular weight excluding hydrogens is 368 g/mol. The molecule has 0 fully saturated rings. The lowest BCUT2D eigenvalue weighted by Crippen LogP contribution is -2.41. The van der Waals surface area contributed by atoms with Crippen molar-refractivity contribution in [1.29, 1.82) is 0 Å². The number of terminal acetylenes is 1. The standard InChI is InChI=1S/C15H9ClF4N2O3/c1-3-4-25-11-6-10(9(17)5-8(11)16)22-13(23)7-12(15(18,19)20)21(2)14(22)24/h1,5-7H,4H2,2H3. The summed E-state index contributed by atoms with van der Waals surface area (Å²) in [5, 5.41) is -0.187. The van der Waals surface area contributed by atoms with Crippen LogP contribution in [0.4, 0.5) is 17.6 Å². The Labute approximate surface area is 143 Å². The molecule has 0 amide bonds. The average molecular weight is 377 g/mol. The van der Waals surface area contributed by atoms with Crippen molar-refractivity contribution < 1.29 is 22.3 Å². The van der Waals surface area contributed by atoms with Crippen molar-refractivity contribution in [3.8, 4) is 23.8 Å². The van der Waals surface area contributed by atoms with Gasteiger partial charge < -0.3 is 4.74 Å². The van der Waals surface area contributed by atoms with Gasteiger partial charge in [-0.15, -0.1) is 6.42 Å². The molecule has 0 saturated carbocycles. The summed E-state index contributed by atoms with van der Waals surface area (Å²) in [6.45, 7) is -0.231. The van der Waals surface area contributed by atoms with E-state index in [1.54, 1.807) is 0 Å². The summed E-state index contributed by atoms with van der Waals surface area (Å²) >= 11 is 5.77. The number of rotatable bonds is 3. The van der Waals surface area contributed by atoms with Gasteiger partial charge in [-0.3, -0.25) is 9.36 Å². The number of ether oxygens (including phenoxy) is 1. The van der Waals surface area contributed by atoms with Gasteiger partial charge in [-0.2, -0.15) is 13.2 Å². The molecule has 132 valence electrons. The monoisotopic (exact) mass is 376 g/mol. The third kappa shape index (κ3) is 3.53. The van der Waals surface area contributed by atoms with Crippen molar-refractivity contribution in [3.05, 3.63) is 55.6 Å². The molecule has 0 bridgehead atoms. The first-order chi connectivity index (χ1) is 11.6. The van der Waals surface area contributed by atoms with Gasteiger partial charge in [0.05, 0.1) is 10.7 Å². The number of nitrogens with zero attached hydrogens (tertiary/aromatic N) is 2. The molecule has 5 nitrogen and oxygen atoms in total. The number of benzene rings is 1. The van der Waals surface area contributed by atoms with Crippen LogP contribution in [0.2, 0.25) is 5.02 Å². The van der Waals surface area contributed by atoms with Crippen molar-refractivity contribution in [2.24, 2.45) is 7.05 Å². The van der Waals surface area contributed by atoms with Gasteiger partial charge in [-0.05, 0) is 6.07 Å². The predicted molar refractivity (Wildman–Crippen MR) is 81.6 cm³/mol. The molecule has 1 aromatic heterocycles. The molecule has 10 heteroatoms. The van der Waals surface area contributed by atoms with Gasteiger partial charge in [-0.1, -0.05) is 17.5 Å². The van der Waals surface area contributed by atoms with E-state index in [1.807, 2.05) is 0 Å². The quantitative estimate of drug-likeness (QED) is 0.610. The first kappa shape index (κ1) is 18.6. The second-order valence-corrected chi connectivity index (χ2v) is 5.18. The lowest BCUT2D eigenvalue weighted by atomic mass is 10.2. The molecule has 0 spiro atoms. The number of hydrogen-bond acceptors (Lipinski definition) is 3. The summed E-state index contributed by atoms with van der Waals surface area (Å²) in [5.74, 6) is 0.905. The summed E-state index contributed by atoms with van der Waals surface area (Å²) in [4.78, 5) is 24.2. The van der Waals surface area contributed by atoms with Crippen molar-refractivity contribution in [3.63, 3.8) is 0 Å². The first-order valence-electron chi connectivity index (χ1n) is 6.54. The van der Waals surface area contributed by atoms with Crippen LogP contribution in [0.1, 0.15) is 5.69 Å². The van der Waals surface area contributed by atoms with E-state index >= 15 is 0 Å². The maximum absolute atomic E-state index is 14.2. The van der Waals surface area contributed by atoms with Gasteiger partial charge in [0.15, 0.2) is 0 Å². The normalized spacial score (nSPS) is 11.2. The minimum atomic E-state index is -4.92. The zero-order valence-electron chi connectivity index (χ0n) is 12.5. The Balaban J connectivity index is 2.76. The molecule has 0 aliphatic carbocycles. The SMILES string of the molecule is C#CCOc1cc(-n2c(=O)cc(C(F)(F)F)n(C)c2=O)c(F)cc1Cl. The largest absolute Gasteiger partial charge is 0.479 e.